The summed E-state index contributed by atoms with van der Waals surface area (Å²) in [4.78, 5) is 36.1. The lowest BCUT2D eigenvalue weighted by Gasteiger charge is -2.17. The van der Waals surface area contributed by atoms with Crippen LogP contribution in [0.5, 0.6) is 0 Å². The van der Waals surface area contributed by atoms with Crippen molar-refractivity contribution in [3.8, 4) is 0 Å². The van der Waals surface area contributed by atoms with Crippen molar-refractivity contribution in [1.82, 2.24) is 5.32 Å². The molecule has 0 saturated carbocycles. The Balaban J connectivity index is 4.60. The van der Waals surface area contributed by atoms with Crippen molar-refractivity contribution in [3.05, 3.63) is 0 Å². The van der Waals surface area contributed by atoms with Crippen LogP contribution < -0.4 is 5.32 Å². The zero-order valence-electron chi connectivity index (χ0n) is 14.6. The van der Waals surface area contributed by atoms with Crippen LogP contribution in [0.3, 0.4) is 0 Å². The van der Waals surface area contributed by atoms with Gasteiger partial charge in [-0.1, -0.05) is 27.7 Å². The van der Waals surface area contributed by atoms with E-state index in [0.717, 1.165) is 6.42 Å². The lowest BCUT2D eigenvalue weighted by Crippen LogP contribution is -2.35. The van der Waals surface area contributed by atoms with Crippen LogP contribution in [0.15, 0.2) is 0 Å². The lowest BCUT2D eigenvalue weighted by molar-refractivity contribution is -0.133. The van der Waals surface area contributed by atoms with Gasteiger partial charge in [0.15, 0.2) is 0 Å². The Morgan fingerprint density at radius 2 is 1.68 bits per heavy atom. The number of amides is 1. The molecule has 0 rings (SSSR count). The van der Waals surface area contributed by atoms with E-state index >= 15 is 0 Å². The first-order valence-corrected chi connectivity index (χ1v) is 8.09. The molecule has 1 atom stereocenters. The Hall–Kier alpha value is -1.23. The topological polar surface area (TPSA) is 72.5 Å². The van der Waals surface area contributed by atoms with Gasteiger partial charge >= 0.3 is 0 Å². The van der Waals surface area contributed by atoms with E-state index in [1.165, 1.54) is 0 Å². The summed E-state index contributed by atoms with van der Waals surface area (Å²) in [5.74, 6) is -0.397. The van der Waals surface area contributed by atoms with Crippen LogP contribution in [-0.4, -0.2) is 37.7 Å². The minimum Gasteiger partial charge on any atom is -0.383 e. The van der Waals surface area contributed by atoms with E-state index in [1.54, 1.807) is 7.11 Å². The number of carbonyl (C=O) groups is 3. The first kappa shape index (κ1) is 20.8. The normalized spacial score (nSPS) is 12.5. The van der Waals surface area contributed by atoms with Gasteiger partial charge in [0, 0.05) is 38.8 Å². The molecule has 0 spiro atoms. The van der Waals surface area contributed by atoms with Gasteiger partial charge in [-0.05, 0) is 12.3 Å². The third kappa shape index (κ3) is 9.66. The molecule has 0 heterocycles. The smallest absolute Gasteiger partial charge is 0.224 e. The number of ketones is 2. The van der Waals surface area contributed by atoms with Crippen molar-refractivity contribution >= 4 is 17.5 Å². The molecule has 0 aromatic heterocycles. The molecule has 0 radical (unpaired) electrons. The number of ether oxygens (including phenoxy) is 1. The quantitative estimate of drug-likeness (QED) is 0.561. The van der Waals surface area contributed by atoms with Crippen LogP contribution in [0, 0.1) is 17.8 Å². The van der Waals surface area contributed by atoms with E-state index < -0.39 is 5.92 Å². The summed E-state index contributed by atoms with van der Waals surface area (Å²) >= 11 is 0. The zero-order valence-corrected chi connectivity index (χ0v) is 14.6. The highest BCUT2D eigenvalue weighted by Gasteiger charge is 2.25. The zero-order chi connectivity index (χ0) is 17.1. The third-order valence-electron chi connectivity index (χ3n) is 3.54. The summed E-state index contributed by atoms with van der Waals surface area (Å²) in [6.07, 6.45) is 1.55. The number of rotatable bonds is 12. The maximum absolute atomic E-state index is 12.2. The molecule has 0 aromatic rings. The summed E-state index contributed by atoms with van der Waals surface area (Å²) in [5, 5.41) is 2.73. The molecule has 0 aliphatic rings. The number of hydrogen-bond donors (Lipinski definition) is 1. The van der Waals surface area contributed by atoms with Crippen molar-refractivity contribution in [2.75, 3.05) is 20.3 Å². The molecule has 1 N–H and O–H groups in total. The van der Waals surface area contributed by atoms with E-state index in [-0.39, 0.29) is 36.2 Å². The molecule has 5 heteroatoms. The Bertz CT molecular complexity index is 364. The van der Waals surface area contributed by atoms with Crippen molar-refractivity contribution in [1.29, 1.82) is 0 Å². The van der Waals surface area contributed by atoms with Crippen LogP contribution >= 0.6 is 0 Å². The van der Waals surface area contributed by atoms with Gasteiger partial charge < -0.3 is 10.1 Å². The monoisotopic (exact) mass is 313 g/mol. The average Bonchev–Trinajstić information content (AvgIpc) is 2.44. The Morgan fingerprint density at radius 3 is 2.18 bits per heavy atom. The number of carbonyl (C=O) groups excluding carboxylic acids is 3. The van der Waals surface area contributed by atoms with E-state index in [1.807, 2.05) is 13.8 Å². The largest absolute Gasteiger partial charge is 0.383 e. The van der Waals surface area contributed by atoms with E-state index in [4.69, 9.17) is 4.74 Å². The number of nitrogens with one attached hydrogen (secondary N) is 1. The maximum atomic E-state index is 12.2. The standard InChI is InChI=1S/C17H31NO4/c1-12(2)6-7-15(19)10-14(11-16(20)13(3)4)17(21)18-8-9-22-5/h12-14H,6-11H2,1-5H3,(H,18,21). The van der Waals surface area contributed by atoms with Crippen LogP contribution in [0.25, 0.3) is 0 Å². The molecule has 1 unspecified atom stereocenters. The molecule has 0 bridgehead atoms. The highest BCUT2D eigenvalue weighted by Crippen LogP contribution is 2.16. The second kappa shape index (κ2) is 11.4. The number of methoxy groups -OCH3 is 1. The fourth-order valence-electron chi connectivity index (χ4n) is 1.98. The summed E-state index contributed by atoms with van der Waals surface area (Å²) in [6.45, 7) is 8.54. The molecule has 0 aliphatic heterocycles. The lowest BCUT2D eigenvalue weighted by atomic mass is 9.90. The number of hydrogen-bond acceptors (Lipinski definition) is 4. The Labute approximate surface area is 134 Å². The summed E-state index contributed by atoms with van der Waals surface area (Å²) in [6, 6.07) is 0. The van der Waals surface area contributed by atoms with Gasteiger partial charge in [0.2, 0.25) is 5.91 Å². The first-order chi connectivity index (χ1) is 10.3. The predicted molar refractivity (Wildman–Crippen MR) is 86.5 cm³/mol. The Kier molecular flexibility index (Phi) is 10.7. The molecule has 0 fully saturated rings. The van der Waals surface area contributed by atoms with Gasteiger partial charge in [-0.3, -0.25) is 14.4 Å². The predicted octanol–water partition coefficient (Wildman–Crippen LogP) is 2.38. The SMILES string of the molecule is COCCNC(=O)C(CC(=O)CCC(C)C)CC(=O)C(C)C. The average molecular weight is 313 g/mol. The van der Waals surface area contributed by atoms with Crippen molar-refractivity contribution in [2.45, 2.75) is 53.4 Å². The van der Waals surface area contributed by atoms with Crippen LogP contribution in [0.4, 0.5) is 0 Å². The third-order valence-corrected chi connectivity index (χ3v) is 3.54. The van der Waals surface area contributed by atoms with Gasteiger partial charge in [0.25, 0.3) is 0 Å². The summed E-state index contributed by atoms with van der Waals surface area (Å²) < 4.78 is 4.89. The fourth-order valence-corrected chi connectivity index (χ4v) is 1.98. The van der Waals surface area contributed by atoms with Gasteiger partial charge in [-0.15, -0.1) is 0 Å². The van der Waals surface area contributed by atoms with Gasteiger partial charge in [0.1, 0.15) is 11.6 Å². The summed E-state index contributed by atoms with van der Waals surface area (Å²) in [5.41, 5.74) is 0. The molecule has 1 amide bonds. The molecule has 128 valence electrons. The highest BCUT2D eigenvalue weighted by atomic mass is 16.5. The molecular formula is C17H31NO4. The molecule has 22 heavy (non-hydrogen) atoms. The van der Waals surface area contributed by atoms with Crippen molar-refractivity contribution in [2.24, 2.45) is 17.8 Å². The van der Waals surface area contributed by atoms with Gasteiger partial charge in [0.05, 0.1) is 12.5 Å². The van der Waals surface area contributed by atoms with E-state index in [2.05, 4.69) is 19.2 Å². The maximum Gasteiger partial charge on any atom is 0.224 e. The first-order valence-electron chi connectivity index (χ1n) is 8.09. The molecular weight excluding hydrogens is 282 g/mol. The number of Topliss-reactive ketones (excluding diaryl/α,β-unsaturated/α-hetero) is 2. The second-order valence-electron chi connectivity index (χ2n) is 6.48. The molecule has 0 aromatic carbocycles. The van der Waals surface area contributed by atoms with Crippen LogP contribution in [-0.2, 0) is 19.1 Å². The van der Waals surface area contributed by atoms with Crippen molar-refractivity contribution < 1.29 is 19.1 Å². The van der Waals surface area contributed by atoms with E-state index in [9.17, 15) is 14.4 Å². The fraction of sp³-hybridized carbons (Fsp3) is 0.824. The van der Waals surface area contributed by atoms with Crippen LogP contribution in [0.1, 0.15) is 53.4 Å². The molecule has 0 aliphatic carbocycles. The second-order valence-corrected chi connectivity index (χ2v) is 6.48. The molecule has 0 saturated heterocycles. The minimum absolute atomic E-state index is 0.0172. The summed E-state index contributed by atoms with van der Waals surface area (Å²) in [7, 11) is 1.56. The molecule has 5 nitrogen and oxygen atoms in total. The van der Waals surface area contributed by atoms with Crippen LogP contribution in [0.2, 0.25) is 0 Å². The van der Waals surface area contributed by atoms with Gasteiger partial charge in [-0.2, -0.15) is 0 Å². The minimum atomic E-state index is -0.564. The Morgan fingerprint density at radius 1 is 1.05 bits per heavy atom. The van der Waals surface area contributed by atoms with Crippen molar-refractivity contribution in [3.63, 3.8) is 0 Å². The highest BCUT2D eigenvalue weighted by molar-refractivity contribution is 5.91. The van der Waals surface area contributed by atoms with E-state index in [0.29, 0.717) is 25.5 Å². The van der Waals surface area contributed by atoms with Gasteiger partial charge in [-0.25, -0.2) is 0 Å².